The average molecular weight is 433 g/mol. The SMILES string of the molecule is CC(C)[C@@H](C)/C=C/[C@H](C)[C@@H]1CC[C@H]2[C@H]3CC(=O)[C@H]4C[C@@H](Cl)CC[C@]4(C)[C@@H]3CC[C@@]21C. The van der Waals surface area contributed by atoms with Gasteiger partial charge in [-0.1, -0.05) is 53.7 Å². The number of hydrogen-bond donors (Lipinski definition) is 0. The van der Waals surface area contributed by atoms with Gasteiger partial charge in [-0.2, -0.15) is 0 Å². The molecule has 4 fully saturated rings. The van der Waals surface area contributed by atoms with Crippen molar-refractivity contribution in [3.8, 4) is 0 Å². The summed E-state index contributed by atoms with van der Waals surface area (Å²) in [7, 11) is 0. The Morgan fingerprint density at radius 3 is 2.30 bits per heavy atom. The molecule has 0 aromatic heterocycles. The molecule has 0 amide bonds. The molecule has 4 saturated carbocycles. The molecule has 0 aromatic rings. The highest BCUT2D eigenvalue weighted by Crippen LogP contribution is 2.67. The van der Waals surface area contributed by atoms with Crippen molar-refractivity contribution in [2.45, 2.75) is 98.3 Å². The Morgan fingerprint density at radius 2 is 1.60 bits per heavy atom. The molecular weight excluding hydrogens is 388 g/mol. The number of alkyl halides is 1. The number of halogens is 1. The number of carbonyl (C=O) groups is 1. The second-order valence-corrected chi connectivity index (χ2v) is 13.2. The lowest BCUT2D eigenvalue weighted by Gasteiger charge is -2.60. The molecule has 0 heterocycles. The average Bonchev–Trinajstić information content (AvgIpc) is 3.04. The zero-order valence-corrected chi connectivity index (χ0v) is 21.0. The van der Waals surface area contributed by atoms with Crippen LogP contribution in [0.3, 0.4) is 0 Å². The first kappa shape index (κ1) is 22.9. The van der Waals surface area contributed by atoms with Crippen molar-refractivity contribution in [3.63, 3.8) is 0 Å². The standard InChI is InChI=1S/C28H45ClO/c1-17(2)18(3)7-8-19(4)22-9-10-23-21-16-26(30)25-15-20(29)11-13-28(25,6)24(21)12-14-27(22,23)5/h7-8,17-25H,9-16H2,1-6H3/b8-7+/t18-,19-,20-,21+,22-,23-,24+,25+,27+,28+/m0/s1. The van der Waals surface area contributed by atoms with Gasteiger partial charge in [-0.3, -0.25) is 4.79 Å². The van der Waals surface area contributed by atoms with Crippen molar-refractivity contribution in [3.05, 3.63) is 12.2 Å². The summed E-state index contributed by atoms with van der Waals surface area (Å²) in [5.41, 5.74) is 0.627. The molecule has 4 aliphatic rings. The molecular formula is C28H45ClO. The van der Waals surface area contributed by atoms with Gasteiger partial charge in [0.15, 0.2) is 0 Å². The third-order valence-corrected chi connectivity index (χ3v) is 11.3. The maximum absolute atomic E-state index is 13.3. The van der Waals surface area contributed by atoms with E-state index in [1.54, 1.807) is 0 Å². The van der Waals surface area contributed by atoms with Crippen molar-refractivity contribution in [1.29, 1.82) is 0 Å². The largest absolute Gasteiger partial charge is 0.299 e. The Balaban J connectivity index is 1.54. The van der Waals surface area contributed by atoms with Gasteiger partial charge < -0.3 is 0 Å². The first-order valence-electron chi connectivity index (χ1n) is 12.9. The number of rotatable bonds is 4. The Kier molecular flexibility index (Phi) is 6.28. The number of carbonyl (C=O) groups excluding carboxylic acids is 1. The number of Topliss-reactive ketones (excluding diaryl/α,β-unsaturated/α-hetero) is 1. The normalized spacial score (nSPS) is 48.3. The highest BCUT2D eigenvalue weighted by Gasteiger charge is 2.62. The van der Waals surface area contributed by atoms with Crippen LogP contribution in [0.2, 0.25) is 0 Å². The van der Waals surface area contributed by atoms with E-state index < -0.39 is 0 Å². The molecule has 0 bridgehead atoms. The van der Waals surface area contributed by atoms with E-state index in [2.05, 4.69) is 53.7 Å². The highest BCUT2D eigenvalue weighted by atomic mass is 35.5. The van der Waals surface area contributed by atoms with Crippen LogP contribution in [0.5, 0.6) is 0 Å². The molecule has 0 aromatic carbocycles. The van der Waals surface area contributed by atoms with Gasteiger partial charge in [0.2, 0.25) is 0 Å². The first-order valence-corrected chi connectivity index (χ1v) is 13.4. The van der Waals surface area contributed by atoms with Gasteiger partial charge in [0.05, 0.1) is 0 Å². The van der Waals surface area contributed by atoms with Crippen LogP contribution in [0.4, 0.5) is 0 Å². The molecule has 10 atom stereocenters. The van der Waals surface area contributed by atoms with Crippen molar-refractivity contribution in [2.75, 3.05) is 0 Å². The van der Waals surface area contributed by atoms with Gasteiger partial charge in [0, 0.05) is 17.7 Å². The molecule has 170 valence electrons. The Hall–Kier alpha value is -0.300. The molecule has 30 heavy (non-hydrogen) atoms. The van der Waals surface area contributed by atoms with E-state index in [4.69, 9.17) is 11.6 Å². The smallest absolute Gasteiger partial charge is 0.136 e. The predicted molar refractivity (Wildman–Crippen MR) is 128 cm³/mol. The molecule has 0 radical (unpaired) electrons. The molecule has 2 heteroatoms. The van der Waals surface area contributed by atoms with E-state index >= 15 is 0 Å². The number of allylic oxidation sites excluding steroid dienone is 2. The monoisotopic (exact) mass is 432 g/mol. The fraction of sp³-hybridized carbons (Fsp3) is 0.893. The summed E-state index contributed by atoms with van der Waals surface area (Å²) in [6.45, 7) is 14.5. The molecule has 1 nitrogen and oxygen atoms in total. The van der Waals surface area contributed by atoms with Crippen molar-refractivity contribution in [1.82, 2.24) is 0 Å². The molecule has 4 aliphatic carbocycles. The van der Waals surface area contributed by atoms with Crippen LogP contribution in [0.15, 0.2) is 12.2 Å². The second-order valence-electron chi connectivity index (χ2n) is 12.6. The lowest BCUT2D eigenvalue weighted by atomic mass is 9.44. The minimum Gasteiger partial charge on any atom is -0.299 e. The summed E-state index contributed by atoms with van der Waals surface area (Å²) in [5, 5.41) is 0.217. The molecule has 4 rings (SSSR count). The summed E-state index contributed by atoms with van der Waals surface area (Å²) >= 11 is 6.52. The molecule has 0 N–H and O–H groups in total. The topological polar surface area (TPSA) is 17.1 Å². The van der Waals surface area contributed by atoms with E-state index in [1.165, 1.54) is 25.7 Å². The number of fused-ring (bicyclic) bond motifs is 5. The summed E-state index contributed by atoms with van der Waals surface area (Å²) in [4.78, 5) is 13.3. The molecule has 0 spiro atoms. The van der Waals surface area contributed by atoms with Gasteiger partial charge in [-0.25, -0.2) is 0 Å². The molecule has 0 saturated heterocycles. The van der Waals surface area contributed by atoms with Crippen LogP contribution in [0.25, 0.3) is 0 Å². The van der Waals surface area contributed by atoms with E-state index in [9.17, 15) is 4.79 Å². The molecule has 0 aliphatic heterocycles. The van der Waals surface area contributed by atoms with E-state index in [1.807, 2.05) is 0 Å². The lowest BCUT2D eigenvalue weighted by Crippen LogP contribution is -2.56. The fourth-order valence-electron chi connectivity index (χ4n) is 8.60. The lowest BCUT2D eigenvalue weighted by molar-refractivity contribution is -0.153. The zero-order valence-electron chi connectivity index (χ0n) is 20.3. The Morgan fingerprint density at radius 1 is 0.933 bits per heavy atom. The zero-order chi connectivity index (χ0) is 21.8. The van der Waals surface area contributed by atoms with Crippen LogP contribution in [0.1, 0.15) is 92.9 Å². The fourth-order valence-corrected chi connectivity index (χ4v) is 8.89. The number of ketones is 1. The summed E-state index contributed by atoms with van der Waals surface area (Å²) in [6.07, 6.45) is 14.4. The summed E-state index contributed by atoms with van der Waals surface area (Å²) < 4.78 is 0. The Labute approximate surface area is 190 Å². The predicted octanol–water partition coefficient (Wildman–Crippen LogP) is 7.92. The van der Waals surface area contributed by atoms with Gasteiger partial charge in [-0.15, -0.1) is 11.6 Å². The van der Waals surface area contributed by atoms with Crippen LogP contribution < -0.4 is 0 Å². The minimum absolute atomic E-state index is 0.211. The van der Waals surface area contributed by atoms with E-state index in [0.717, 1.165) is 43.4 Å². The second kappa shape index (κ2) is 8.24. The van der Waals surface area contributed by atoms with Crippen LogP contribution >= 0.6 is 11.6 Å². The molecule has 0 unspecified atom stereocenters. The van der Waals surface area contributed by atoms with Crippen LogP contribution in [-0.4, -0.2) is 11.2 Å². The van der Waals surface area contributed by atoms with Gasteiger partial charge in [0.25, 0.3) is 0 Å². The van der Waals surface area contributed by atoms with Gasteiger partial charge in [-0.05, 0) is 97.2 Å². The third-order valence-electron chi connectivity index (χ3n) is 10.9. The van der Waals surface area contributed by atoms with Crippen LogP contribution in [0, 0.1) is 58.2 Å². The van der Waals surface area contributed by atoms with Gasteiger partial charge in [0.1, 0.15) is 5.78 Å². The first-order chi connectivity index (χ1) is 14.1. The third kappa shape index (κ3) is 3.64. The van der Waals surface area contributed by atoms with E-state index in [0.29, 0.717) is 34.9 Å². The van der Waals surface area contributed by atoms with E-state index in [-0.39, 0.29) is 16.7 Å². The van der Waals surface area contributed by atoms with Gasteiger partial charge >= 0.3 is 0 Å². The quantitative estimate of drug-likeness (QED) is 0.325. The number of hydrogen-bond acceptors (Lipinski definition) is 1. The van der Waals surface area contributed by atoms with Crippen LogP contribution in [-0.2, 0) is 4.79 Å². The Bertz CT molecular complexity index is 682. The maximum atomic E-state index is 13.3. The highest BCUT2D eigenvalue weighted by molar-refractivity contribution is 6.20. The van der Waals surface area contributed by atoms with Crippen molar-refractivity contribution < 1.29 is 4.79 Å². The minimum atomic E-state index is 0.211. The van der Waals surface area contributed by atoms with Crippen molar-refractivity contribution in [2.24, 2.45) is 58.2 Å². The summed E-state index contributed by atoms with van der Waals surface area (Å²) in [5.74, 6) is 5.68. The van der Waals surface area contributed by atoms with Crippen molar-refractivity contribution >= 4 is 17.4 Å². The maximum Gasteiger partial charge on any atom is 0.136 e. The summed E-state index contributed by atoms with van der Waals surface area (Å²) in [6, 6.07) is 0.